The number of nitrogens with one attached hydrogen (secondary N) is 2. The van der Waals surface area contributed by atoms with Crippen LogP contribution in [0.1, 0.15) is 39.5 Å². The summed E-state index contributed by atoms with van der Waals surface area (Å²) in [5.74, 6) is -0.947. The van der Waals surface area contributed by atoms with Crippen molar-refractivity contribution in [3.8, 4) is 0 Å². The monoisotopic (exact) mass is 329 g/mol. The molecule has 7 nitrogen and oxygen atoms in total. The van der Waals surface area contributed by atoms with Crippen molar-refractivity contribution in [1.82, 2.24) is 15.5 Å². The highest BCUT2D eigenvalue weighted by Crippen LogP contribution is 2.11. The molecule has 0 aliphatic carbocycles. The number of amides is 2. The number of hydrogen-bond acceptors (Lipinski definition) is 5. The second kappa shape index (κ2) is 9.34. The van der Waals surface area contributed by atoms with Crippen molar-refractivity contribution >= 4 is 35.1 Å². The van der Waals surface area contributed by atoms with Crippen LogP contribution in [0.5, 0.6) is 0 Å². The average molecular weight is 329 g/mol. The number of carbonyl (C=O) groups excluding carboxylic acids is 3. The molecule has 2 N–H and O–H groups in total. The molecule has 1 heterocycles. The summed E-state index contributed by atoms with van der Waals surface area (Å²) in [6, 6.07) is -0.743. The molecule has 0 aromatic carbocycles. The normalized spacial score (nSPS) is 17.6. The Morgan fingerprint density at radius 1 is 1.45 bits per heavy atom. The second-order valence-corrected chi connectivity index (χ2v) is 5.37. The first-order valence-electron chi connectivity index (χ1n) is 7.53. The maximum atomic E-state index is 12.0. The van der Waals surface area contributed by atoms with Crippen LogP contribution in [0.15, 0.2) is 0 Å². The number of thiocarbonyl (C=S) groups is 1. The minimum absolute atomic E-state index is 0.0856. The SMILES string of the molecule is CCCCOC(=O)C[C@H]1C(=O)NCCN1C(=S)NC(=O)CC. The number of rotatable bonds is 6. The van der Waals surface area contributed by atoms with E-state index in [1.165, 1.54) is 0 Å². The van der Waals surface area contributed by atoms with Gasteiger partial charge in [-0.2, -0.15) is 0 Å². The summed E-state index contributed by atoms with van der Waals surface area (Å²) >= 11 is 5.17. The van der Waals surface area contributed by atoms with Gasteiger partial charge in [-0.1, -0.05) is 20.3 Å². The molecule has 0 aromatic heterocycles. The Hall–Kier alpha value is -1.70. The highest BCUT2D eigenvalue weighted by molar-refractivity contribution is 7.80. The first-order chi connectivity index (χ1) is 10.5. The van der Waals surface area contributed by atoms with Gasteiger partial charge in [0.25, 0.3) is 0 Å². The summed E-state index contributed by atoms with van der Waals surface area (Å²) < 4.78 is 5.09. The van der Waals surface area contributed by atoms with Gasteiger partial charge in [-0.25, -0.2) is 0 Å². The quantitative estimate of drug-likeness (QED) is 0.415. The van der Waals surface area contributed by atoms with Gasteiger partial charge in [0.15, 0.2) is 5.11 Å². The van der Waals surface area contributed by atoms with Gasteiger partial charge in [-0.3, -0.25) is 14.4 Å². The van der Waals surface area contributed by atoms with Crippen LogP contribution < -0.4 is 10.6 Å². The van der Waals surface area contributed by atoms with Gasteiger partial charge in [-0.05, 0) is 18.6 Å². The molecule has 22 heavy (non-hydrogen) atoms. The summed E-state index contributed by atoms with van der Waals surface area (Å²) in [5.41, 5.74) is 0. The Kier molecular flexibility index (Phi) is 7.79. The molecule has 1 rings (SSSR count). The molecule has 0 bridgehead atoms. The fourth-order valence-electron chi connectivity index (χ4n) is 1.99. The van der Waals surface area contributed by atoms with Crippen LogP contribution in [0, 0.1) is 0 Å². The molecule has 1 fully saturated rings. The maximum Gasteiger partial charge on any atom is 0.308 e. The van der Waals surface area contributed by atoms with E-state index in [1.54, 1.807) is 11.8 Å². The fraction of sp³-hybridized carbons (Fsp3) is 0.714. The lowest BCUT2D eigenvalue weighted by atomic mass is 10.1. The van der Waals surface area contributed by atoms with Gasteiger partial charge in [0.2, 0.25) is 11.8 Å². The number of esters is 1. The van der Waals surface area contributed by atoms with Crippen LogP contribution in [0.4, 0.5) is 0 Å². The topological polar surface area (TPSA) is 87.7 Å². The van der Waals surface area contributed by atoms with E-state index in [0.29, 0.717) is 26.1 Å². The van der Waals surface area contributed by atoms with Crippen molar-refractivity contribution < 1.29 is 19.1 Å². The molecule has 1 aliphatic heterocycles. The van der Waals surface area contributed by atoms with Crippen LogP contribution in [0.2, 0.25) is 0 Å². The third-order valence-corrected chi connectivity index (χ3v) is 3.62. The van der Waals surface area contributed by atoms with Crippen LogP contribution in [-0.2, 0) is 19.1 Å². The predicted octanol–water partition coefficient (Wildman–Crippen LogP) is 0.331. The van der Waals surface area contributed by atoms with Crippen LogP contribution in [-0.4, -0.2) is 53.5 Å². The Morgan fingerprint density at radius 3 is 2.82 bits per heavy atom. The van der Waals surface area contributed by atoms with E-state index in [1.807, 2.05) is 6.92 Å². The molecule has 0 saturated carbocycles. The number of ether oxygens (including phenoxy) is 1. The number of unbranched alkanes of at least 4 members (excludes halogenated alkanes) is 1. The molecule has 1 atom stereocenters. The number of piperazine rings is 1. The fourth-order valence-corrected chi connectivity index (χ4v) is 2.32. The van der Waals surface area contributed by atoms with Gasteiger partial charge < -0.3 is 20.3 Å². The van der Waals surface area contributed by atoms with Crippen molar-refractivity contribution in [1.29, 1.82) is 0 Å². The van der Waals surface area contributed by atoms with E-state index < -0.39 is 12.0 Å². The van der Waals surface area contributed by atoms with E-state index in [-0.39, 0.29) is 23.3 Å². The molecule has 8 heteroatoms. The van der Waals surface area contributed by atoms with E-state index in [2.05, 4.69) is 10.6 Å². The maximum absolute atomic E-state index is 12.0. The predicted molar refractivity (Wildman–Crippen MR) is 85.0 cm³/mol. The van der Waals surface area contributed by atoms with Crippen LogP contribution in [0.25, 0.3) is 0 Å². The van der Waals surface area contributed by atoms with E-state index in [9.17, 15) is 14.4 Å². The minimum Gasteiger partial charge on any atom is -0.466 e. The van der Waals surface area contributed by atoms with Gasteiger partial charge in [0, 0.05) is 19.5 Å². The Morgan fingerprint density at radius 2 is 2.18 bits per heavy atom. The van der Waals surface area contributed by atoms with Gasteiger partial charge in [-0.15, -0.1) is 0 Å². The number of hydrogen-bond donors (Lipinski definition) is 2. The smallest absolute Gasteiger partial charge is 0.308 e. The summed E-state index contributed by atoms with van der Waals surface area (Å²) in [4.78, 5) is 36.8. The van der Waals surface area contributed by atoms with Crippen molar-refractivity contribution in [2.24, 2.45) is 0 Å². The molecule has 0 unspecified atom stereocenters. The first kappa shape index (κ1) is 18.3. The average Bonchev–Trinajstić information content (AvgIpc) is 2.49. The van der Waals surface area contributed by atoms with Crippen molar-refractivity contribution in [3.63, 3.8) is 0 Å². The molecule has 0 radical (unpaired) electrons. The van der Waals surface area contributed by atoms with Gasteiger partial charge in [0.05, 0.1) is 13.0 Å². The third-order valence-electron chi connectivity index (χ3n) is 3.28. The second-order valence-electron chi connectivity index (χ2n) is 4.99. The Balaban J connectivity index is 2.64. The highest BCUT2D eigenvalue weighted by atomic mass is 32.1. The molecule has 2 amide bonds. The van der Waals surface area contributed by atoms with Gasteiger partial charge >= 0.3 is 5.97 Å². The minimum atomic E-state index is -0.743. The van der Waals surface area contributed by atoms with Crippen LogP contribution in [0.3, 0.4) is 0 Å². The molecule has 1 aliphatic rings. The number of carbonyl (C=O) groups is 3. The Bertz CT molecular complexity index is 442. The summed E-state index contributed by atoms with van der Waals surface area (Å²) in [6.07, 6.45) is 1.93. The van der Waals surface area contributed by atoms with E-state index >= 15 is 0 Å². The summed E-state index contributed by atoms with van der Waals surface area (Å²) in [6.45, 7) is 4.92. The van der Waals surface area contributed by atoms with Crippen molar-refractivity contribution in [3.05, 3.63) is 0 Å². The van der Waals surface area contributed by atoms with Gasteiger partial charge in [0.1, 0.15) is 6.04 Å². The van der Waals surface area contributed by atoms with Crippen molar-refractivity contribution in [2.45, 2.75) is 45.6 Å². The number of nitrogens with zero attached hydrogens (tertiary/aromatic N) is 1. The lowest BCUT2D eigenvalue weighted by Crippen LogP contribution is -2.60. The lowest BCUT2D eigenvalue weighted by Gasteiger charge is -2.36. The summed E-state index contributed by atoms with van der Waals surface area (Å²) in [7, 11) is 0. The van der Waals surface area contributed by atoms with Crippen molar-refractivity contribution in [2.75, 3.05) is 19.7 Å². The zero-order valence-corrected chi connectivity index (χ0v) is 13.8. The van der Waals surface area contributed by atoms with E-state index in [0.717, 1.165) is 12.8 Å². The first-order valence-corrected chi connectivity index (χ1v) is 7.94. The largest absolute Gasteiger partial charge is 0.466 e. The lowest BCUT2D eigenvalue weighted by molar-refractivity contribution is -0.147. The highest BCUT2D eigenvalue weighted by Gasteiger charge is 2.34. The zero-order chi connectivity index (χ0) is 16.5. The molecule has 1 saturated heterocycles. The van der Waals surface area contributed by atoms with E-state index in [4.69, 9.17) is 17.0 Å². The molecular formula is C14H23N3O4S. The zero-order valence-electron chi connectivity index (χ0n) is 13.0. The third kappa shape index (κ3) is 5.59. The standard InChI is InChI=1S/C14H23N3O4S/c1-3-5-8-21-12(19)9-10-13(20)15-6-7-17(10)14(22)16-11(18)4-2/h10H,3-9H2,1-2H3,(H,15,20)(H,16,18,22)/t10-/m0/s1. The van der Waals surface area contributed by atoms with Crippen LogP contribution >= 0.6 is 12.2 Å². The molecular weight excluding hydrogens is 306 g/mol. The summed E-state index contributed by atoms with van der Waals surface area (Å²) in [5, 5.41) is 5.43. The molecule has 0 spiro atoms. The molecule has 124 valence electrons. The molecule has 0 aromatic rings. The Labute approximate surface area is 135 Å².